The lowest BCUT2D eigenvalue weighted by Crippen LogP contribution is -2.36. The molecule has 0 aromatic heterocycles. The smallest absolute Gasteiger partial charge is 0.419 e. The number of aryl methyl sites for hydroxylation is 1. The molecule has 37 heavy (non-hydrogen) atoms. The zero-order valence-electron chi connectivity index (χ0n) is 21.4. The van der Waals surface area contributed by atoms with Crippen molar-refractivity contribution in [1.82, 2.24) is 5.32 Å². The van der Waals surface area contributed by atoms with Gasteiger partial charge in [0.1, 0.15) is 17.2 Å². The highest BCUT2D eigenvalue weighted by atomic mass is 19.4. The van der Waals surface area contributed by atoms with Gasteiger partial charge in [-0.3, -0.25) is 4.79 Å². The molecule has 2 N–H and O–H groups in total. The summed E-state index contributed by atoms with van der Waals surface area (Å²) >= 11 is 0. The van der Waals surface area contributed by atoms with Gasteiger partial charge in [-0.1, -0.05) is 6.07 Å². The third-order valence-corrected chi connectivity index (χ3v) is 5.82. The van der Waals surface area contributed by atoms with Crippen molar-refractivity contribution in [2.45, 2.75) is 77.6 Å². The number of alkyl halides is 3. The quantitative estimate of drug-likeness (QED) is 0.303. The van der Waals surface area contributed by atoms with Crippen LogP contribution in [0.4, 0.5) is 22.4 Å². The van der Waals surface area contributed by atoms with Crippen molar-refractivity contribution in [1.29, 1.82) is 0 Å². The second-order valence-corrected chi connectivity index (χ2v) is 10.1. The zero-order valence-corrected chi connectivity index (χ0v) is 21.4. The molecule has 202 valence electrons. The number of aromatic hydroxyl groups is 1. The van der Waals surface area contributed by atoms with Crippen molar-refractivity contribution in [2.24, 2.45) is 0 Å². The van der Waals surface area contributed by atoms with E-state index in [0.717, 1.165) is 24.5 Å². The Morgan fingerprint density at radius 2 is 1.78 bits per heavy atom. The number of rotatable bonds is 7. The molecular formula is C27H31F4NO5. The fraction of sp³-hybridized carbons (Fsp3) is 0.481. The molecule has 3 rings (SSSR count). The van der Waals surface area contributed by atoms with Crippen molar-refractivity contribution in [2.75, 3.05) is 6.61 Å². The summed E-state index contributed by atoms with van der Waals surface area (Å²) in [6.45, 7) is 7.89. The summed E-state index contributed by atoms with van der Waals surface area (Å²) in [4.78, 5) is 24.7. The maximum Gasteiger partial charge on any atom is 0.419 e. The summed E-state index contributed by atoms with van der Waals surface area (Å²) in [7, 11) is 0. The monoisotopic (exact) mass is 525 g/mol. The Kier molecular flexibility index (Phi) is 8.09. The summed E-state index contributed by atoms with van der Waals surface area (Å²) in [5.41, 5.74) is -1.76. The predicted octanol–water partition coefficient (Wildman–Crippen LogP) is 6.92. The van der Waals surface area contributed by atoms with Crippen LogP contribution in [-0.2, 0) is 20.4 Å². The first kappa shape index (κ1) is 28.3. The Bertz CT molecular complexity index is 1160. The summed E-state index contributed by atoms with van der Waals surface area (Å²) in [6, 6.07) is 3.48. The molecule has 0 radical (unpaired) electrons. The van der Waals surface area contributed by atoms with Gasteiger partial charge in [0.05, 0.1) is 24.6 Å². The van der Waals surface area contributed by atoms with Crippen LogP contribution in [0.15, 0.2) is 24.3 Å². The Labute approximate surface area is 213 Å². The Morgan fingerprint density at radius 3 is 2.30 bits per heavy atom. The van der Waals surface area contributed by atoms with Gasteiger partial charge in [0.25, 0.3) is 0 Å². The topological polar surface area (TPSA) is 84.9 Å². The van der Waals surface area contributed by atoms with Crippen LogP contribution in [0.2, 0.25) is 0 Å². The molecule has 0 unspecified atom stereocenters. The lowest BCUT2D eigenvalue weighted by Gasteiger charge is -2.25. The maximum atomic E-state index is 15.4. The van der Waals surface area contributed by atoms with Crippen LogP contribution >= 0.6 is 0 Å². The van der Waals surface area contributed by atoms with E-state index >= 15 is 4.39 Å². The third-order valence-electron chi connectivity index (χ3n) is 5.82. The molecule has 1 aliphatic carbocycles. The van der Waals surface area contributed by atoms with Crippen molar-refractivity contribution in [3.05, 3.63) is 52.3 Å². The normalized spacial score (nSPS) is 14.7. The summed E-state index contributed by atoms with van der Waals surface area (Å²) < 4.78 is 67.2. The number of phenols is 1. The lowest BCUT2D eigenvalue weighted by atomic mass is 9.90. The average Bonchev–Trinajstić information content (AvgIpc) is 3.57. The van der Waals surface area contributed by atoms with Gasteiger partial charge in [0.2, 0.25) is 0 Å². The minimum absolute atomic E-state index is 0.0191. The van der Waals surface area contributed by atoms with Gasteiger partial charge in [0.15, 0.2) is 0 Å². The van der Waals surface area contributed by atoms with Gasteiger partial charge in [-0.2, -0.15) is 13.2 Å². The Balaban J connectivity index is 2.17. The maximum absolute atomic E-state index is 15.4. The number of carbonyl (C=O) groups is 2. The van der Waals surface area contributed by atoms with Crippen molar-refractivity contribution in [3.63, 3.8) is 0 Å². The summed E-state index contributed by atoms with van der Waals surface area (Å²) in [6.07, 6.45) is -4.86. The second-order valence-electron chi connectivity index (χ2n) is 10.1. The number of alkyl carbamates (subject to hydrolysis) is 1. The molecule has 1 aliphatic rings. The van der Waals surface area contributed by atoms with Gasteiger partial charge in [-0.25, -0.2) is 9.18 Å². The van der Waals surface area contributed by atoms with E-state index < -0.39 is 53.2 Å². The van der Waals surface area contributed by atoms with Crippen molar-refractivity contribution < 1.29 is 41.7 Å². The van der Waals surface area contributed by atoms with Gasteiger partial charge in [-0.05, 0) is 88.3 Å². The number of carbonyl (C=O) groups excluding carboxylic acids is 2. The third kappa shape index (κ3) is 7.14. The van der Waals surface area contributed by atoms with E-state index in [0.29, 0.717) is 17.5 Å². The highest BCUT2D eigenvalue weighted by molar-refractivity contribution is 5.77. The van der Waals surface area contributed by atoms with Gasteiger partial charge < -0.3 is 19.9 Å². The van der Waals surface area contributed by atoms with Crippen LogP contribution in [0.5, 0.6) is 5.75 Å². The Hall–Kier alpha value is -3.30. The molecule has 0 spiro atoms. The Morgan fingerprint density at radius 1 is 1.14 bits per heavy atom. The largest absolute Gasteiger partial charge is 0.507 e. The molecule has 1 fully saturated rings. The van der Waals surface area contributed by atoms with Gasteiger partial charge >= 0.3 is 18.2 Å². The van der Waals surface area contributed by atoms with E-state index in [4.69, 9.17) is 9.47 Å². The van der Waals surface area contributed by atoms with E-state index in [1.807, 2.05) is 0 Å². The molecule has 0 heterocycles. The molecule has 2 aromatic rings. The molecule has 0 bridgehead atoms. The predicted molar refractivity (Wildman–Crippen MR) is 129 cm³/mol. The van der Waals surface area contributed by atoms with Crippen LogP contribution in [0.25, 0.3) is 11.1 Å². The van der Waals surface area contributed by atoms with Crippen LogP contribution in [0.1, 0.15) is 81.2 Å². The van der Waals surface area contributed by atoms with E-state index in [2.05, 4.69) is 5.32 Å². The zero-order chi connectivity index (χ0) is 27.7. The average molecular weight is 526 g/mol. The highest BCUT2D eigenvalue weighted by Gasteiger charge is 2.38. The number of ether oxygens (including phenoxy) is 2. The standard InChI is InChI=1S/C27H31F4NO5/c1-6-36-22(34)13-20(32-25(35)37-26(3,4)5)18-10-17(11-19(24(18)28)27(29,30)31)23-14(2)9-16(12-21(23)33)15-7-8-15/h9-12,15,20,33H,6-8,13H2,1-5H3,(H,32,35)/t20-/m0/s1. The lowest BCUT2D eigenvalue weighted by molar-refractivity contribution is -0.143. The minimum atomic E-state index is -5.09. The summed E-state index contributed by atoms with van der Waals surface area (Å²) in [5.74, 6) is -2.45. The molecule has 1 amide bonds. The van der Waals surface area contributed by atoms with E-state index in [9.17, 15) is 27.9 Å². The van der Waals surface area contributed by atoms with E-state index in [-0.39, 0.29) is 23.5 Å². The number of phenolic OH excluding ortho intramolecular Hbond substituents is 1. The SMILES string of the molecule is CCOC(=O)C[C@H](NC(=O)OC(C)(C)C)c1cc(-c2c(C)cc(C3CC3)cc2O)cc(C(F)(F)F)c1F. The van der Waals surface area contributed by atoms with E-state index in [1.165, 1.54) is 13.0 Å². The number of halogens is 4. The van der Waals surface area contributed by atoms with Crippen molar-refractivity contribution in [3.8, 4) is 16.9 Å². The van der Waals surface area contributed by atoms with Crippen LogP contribution in [-0.4, -0.2) is 29.4 Å². The fourth-order valence-electron chi connectivity index (χ4n) is 4.15. The fourth-order valence-corrected chi connectivity index (χ4v) is 4.15. The first-order valence-electron chi connectivity index (χ1n) is 12.0. The molecule has 0 saturated heterocycles. The molecular weight excluding hydrogens is 494 g/mol. The van der Waals surface area contributed by atoms with Crippen LogP contribution < -0.4 is 5.32 Å². The molecule has 2 aromatic carbocycles. The second kappa shape index (κ2) is 10.6. The van der Waals surface area contributed by atoms with Crippen LogP contribution in [0, 0.1) is 12.7 Å². The molecule has 1 saturated carbocycles. The molecule has 6 nitrogen and oxygen atoms in total. The first-order chi connectivity index (χ1) is 17.1. The number of benzene rings is 2. The van der Waals surface area contributed by atoms with Crippen LogP contribution in [0.3, 0.4) is 0 Å². The molecule has 10 heteroatoms. The highest BCUT2D eigenvalue weighted by Crippen LogP contribution is 2.46. The van der Waals surface area contributed by atoms with Crippen molar-refractivity contribution >= 4 is 12.1 Å². The van der Waals surface area contributed by atoms with Gasteiger partial charge in [0, 0.05) is 11.1 Å². The number of amides is 1. The van der Waals surface area contributed by atoms with E-state index in [1.54, 1.807) is 33.8 Å². The van der Waals surface area contributed by atoms with Gasteiger partial charge in [-0.15, -0.1) is 0 Å². The first-order valence-corrected chi connectivity index (χ1v) is 12.0. The number of hydrogen-bond acceptors (Lipinski definition) is 5. The molecule has 1 atom stereocenters. The number of esters is 1. The number of hydrogen-bond donors (Lipinski definition) is 2. The minimum Gasteiger partial charge on any atom is -0.507 e. The number of nitrogens with one attached hydrogen (secondary N) is 1. The summed E-state index contributed by atoms with van der Waals surface area (Å²) in [5, 5.41) is 13.1. The molecule has 0 aliphatic heterocycles.